The molecule has 3 nitrogen and oxygen atoms in total. The average Bonchev–Trinajstić information content (AvgIpc) is 2.46. The van der Waals surface area contributed by atoms with Gasteiger partial charge in [0.05, 0.1) is 23.8 Å². The summed E-state index contributed by atoms with van der Waals surface area (Å²) in [6, 6.07) is 8.52. The molecule has 102 valence electrons. The lowest BCUT2D eigenvalue weighted by atomic mass is 10.1. The van der Waals surface area contributed by atoms with Gasteiger partial charge in [-0.25, -0.2) is 4.79 Å². The van der Waals surface area contributed by atoms with Gasteiger partial charge in [0, 0.05) is 0 Å². The molecule has 0 aromatic heterocycles. The topological polar surface area (TPSA) is 50.1 Å². The van der Waals surface area contributed by atoms with Crippen molar-refractivity contribution in [3.05, 3.63) is 35.4 Å². The molecule has 0 bridgehead atoms. The van der Waals surface area contributed by atoms with E-state index in [-0.39, 0.29) is 5.97 Å². The summed E-state index contributed by atoms with van der Waals surface area (Å²) in [5, 5.41) is 8.66. The molecule has 0 saturated carbocycles. The van der Waals surface area contributed by atoms with Crippen LogP contribution in [-0.2, 0) is 4.74 Å². The van der Waals surface area contributed by atoms with Crippen LogP contribution in [-0.4, -0.2) is 12.6 Å². The minimum Gasteiger partial charge on any atom is -0.462 e. The second-order valence-corrected chi connectivity index (χ2v) is 4.59. The van der Waals surface area contributed by atoms with Gasteiger partial charge in [0.2, 0.25) is 0 Å². The zero-order chi connectivity index (χ0) is 13.9. The maximum absolute atomic E-state index is 11.7. The highest BCUT2D eigenvalue weighted by Crippen LogP contribution is 2.07. The van der Waals surface area contributed by atoms with Crippen LogP contribution in [0.5, 0.6) is 0 Å². The third-order valence-corrected chi connectivity index (χ3v) is 2.98. The number of hydrogen-bond acceptors (Lipinski definition) is 3. The highest BCUT2D eigenvalue weighted by molar-refractivity contribution is 5.89. The zero-order valence-corrected chi connectivity index (χ0v) is 11.5. The molecular formula is C16H21NO2. The number of nitrogens with zero attached hydrogens (tertiary/aromatic N) is 1. The molecule has 1 rings (SSSR count). The molecule has 0 aliphatic carbocycles. The molecule has 0 amide bonds. The molecule has 3 heteroatoms. The minimum absolute atomic E-state index is 0.307. The molecule has 0 atom stereocenters. The molecule has 0 N–H and O–H groups in total. The first kappa shape index (κ1) is 15.2. The Morgan fingerprint density at radius 2 is 1.74 bits per heavy atom. The Labute approximate surface area is 115 Å². The first-order chi connectivity index (χ1) is 9.27. The summed E-state index contributed by atoms with van der Waals surface area (Å²) >= 11 is 0. The molecule has 0 radical (unpaired) electrons. The molecule has 0 unspecified atom stereocenters. The summed E-state index contributed by atoms with van der Waals surface area (Å²) in [4.78, 5) is 11.7. The van der Waals surface area contributed by atoms with Crippen LogP contribution in [0.25, 0.3) is 0 Å². The van der Waals surface area contributed by atoms with Crippen LogP contribution in [0.2, 0.25) is 0 Å². The molecule has 0 aliphatic heterocycles. The van der Waals surface area contributed by atoms with Gasteiger partial charge in [0.1, 0.15) is 0 Å². The molecule has 1 aromatic carbocycles. The van der Waals surface area contributed by atoms with Gasteiger partial charge in [0.15, 0.2) is 0 Å². The molecule has 0 saturated heterocycles. The number of hydrogen-bond donors (Lipinski definition) is 0. The van der Waals surface area contributed by atoms with Crippen LogP contribution in [0.4, 0.5) is 0 Å². The van der Waals surface area contributed by atoms with Crippen molar-refractivity contribution >= 4 is 5.97 Å². The van der Waals surface area contributed by atoms with Gasteiger partial charge >= 0.3 is 5.97 Å². The largest absolute Gasteiger partial charge is 0.462 e. The first-order valence-corrected chi connectivity index (χ1v) is 6.95. The third kappa shape index (κ3) is 6.05. The Morgan fingerprint density at radius 3 is 2.37 bits per heavy atom. The van der Waals surface area contributed by atoms with Crippen LogP contribution in [0.1, 0.15) is 61.4 Å². The van der Waals surface area contributed by atoms with Gasteiger partial charge in [-0.15, -0.1) is 0 Å². The summed E-state index contributed by atoms with van der Waals surface area (Å²) in [6.45, 7) is 2.67. The fourth-order valence-corrected chi connectivity index (χ4v) is 1.81. The summed E-state index contributed by atoms with van der Waals surface area (Å²) in [5.41, 5.74) is 1.05. The maximum atomic E-state index is 11.7. The second kappa shape index (κ2) is 9.16. The monoisotopic (exact) mass is 259 g/mol. The highest BCUT2D eigenvalue weighted by Gasteiger charge is 2.06. The predicted molar refractivity (Wildman–Crippen MR) is 74.8 cm³/mol. The van der Waals surface area contributed by atoms with Crippen molar-refractivity contribution in [1.29, 1.82) is 5.26 Å². The molecule has 1 aromatic rings. The van der Waals surface area contributed by atoms with Crippen molar-refractivity contribution in [3.63, 3.8) is 0 Å². The van der Waals surface area contributed by atoms with Crippen LogP contribution >= 0.6 is 0 Å². The molecular weight excluding hydrogens is 238 g/mol. The Bertz CT molecular complexity index is 417. The van der Waals surface area contributed by atoms with E-state index in [4.69, 9.17) is 10.00 Å². The minimum atomic E-state index is -0.307. The quantitative estimate of drug-likeness (QED) is 0.522. The van der Waals surface area contributed by atoms with Crippen LogP contribution in [0, 0.1) is 11.3 Å². The number of rotatable bonds is 8. The summed E-state index contributed by atoms with van der Waals surface area (Å²) in [6.07, 6.45) is 7.04. The second-order valence-electron chi connectivity index (χ2n) is 4.59. The van der Waals surface area contributed by atoms with E-state index in [2.05, 4.69) is 6.92 Å². The van der Waals surface area contributed by atoms with E-state index in [0.29, 0.717) is 17.7 Å². The van der Waals surface area contributed by atoms with E-state index in [1.54, 1.807) is 24.3 Å². The van der Waals surface area contributed by atoms with E-state index < -0.39 is 0 Å². The normalized spacial score (nSPS) is 9.89. The van der Waals surface area contributed by atoms with E-state index in [1.165, 1.54) is 25.7 Å². The molecule has 0 spiro atoms. The van der Waals surface area contributed by atoms with Gasteiger partial charge in [-0.2, -0.15) is 5.26 Å². The van der Waals surface area contributed by atoms with E-state index >= 15 is 0 Å². The van der Waals surface area contributed by atoms with Gasteiger partial charge in [-0.3, -0.25) is 0 Å². The third-order valence-electron chi connectivity index (χ3n) is 2.98. The Morgan fingerprint density at radius 1 is 1.11 bits per heavy atom. The lowest BCUT2D eigenvalue weighted by Crippen LogP contribution is -2.06. The lowest BCUT2D eigenvalue weighted by molar-refractivity contribution is 0.0497. The standard InChI is InChI=1S/C16H21NO2/c1-2-3-4-5-6-7-12-19-16(18)15-10-8-14(13-17)9-11-15/h8-11H,2-7,12H2,1H3. The molecule has 0 fully saturated rings. The van der Waals surface area contributed by atoms with Crippen molar-refractivity contribution in [2.75, 3.05) is 6.61 Å². The predicted octanol–water partition coefficient (Wildman–Crippen LogP) is 4.08. The number of carbonyl (C=O) groups excluding carboxylic acids is 1. The smallest absolute Gasteiger partial charge is 0.338 e. The number of unbranched alkanes of at least 4 members (excludes halogenated alkanes) is 5. The molecule has 19 heavy (non-hydrogen) atoms. The Balaban J connectivity index is 2.18. The number of esters is 1. The van der Waals surface area contributed by atoms with Gasteiger partial charge < -0.3 is 4.74 Å². The number of benzene rings is 1. The van der Waals surface area contributed by atoms with Crippen LogP contribution in [0.15, 0.2) is 24.3 Å². The van der Waals surface area contributed by atoms with E-state index in [1.807, 2.05) is 6.07 Å². The van der Waals surface area contributed by atoms with Crippen molar-refractivity contribution in [2.24, 2.45) is 0 Å². The van der Waals surface area contributed by atoms with Gasteiger partial charge in [-0.05, 0) is 30.7 Å². The first-order valence-electron chi connectivity index (χ1n) is 6.95. The number of nitriles is 1. The van der Waals surface area contributed by atoms with E-state index in [9.17, 15) is 4.79 Å². The van der Waals surface area contributed by atoms with Crippen molar-refractivity contribution < 1.29 is 9.53 Å². The summed E-state index contributed by atoms with van der Waals surface area (Å²) < 4.78 is 5.19. The Hall–Kier alpha value is -1.82. The van der Waals surface area contributed by atoms with Crippen LogP contribution in [0.3, 0.4) is 0 Å². The van der Waals surface area contributed by atoms with Crippen molar-refractivity contribution in [2.45, 2.75) is 45.4 Å². The molecule has 0 aliphatic rings. The summed E-state index contributed by atoms with van der Waals surface area (Å²) in [5.74, 6) is -0.307. The number of ether oxygens (including phenoxy) is 1. The van der Waals surface area contributed by atoms with Crippen molar-refractivity contribution in [1.82, 2.24) is 0 Å². The summed E-state index contributed by atoms with van der Waals surface area (Å²) in [7, 11) is 0. The zero-order valence-electron chi connectivity index (χ0n) is 11.5. The Kier molecular flexibility index (Phi) is 7.34. The maximum Gasteiger partial charge on any atom is 0.338 e. The average molecular weight is 259 g/mol. The van der Waals surface area contributed by atoms with Crippen molar-refractivity contribution in [3.8, 4) is 6.07 Å². The number of carbonyl (C=O) groups is 1. The van der Waals surface area contributed by atoms with Gasteiger partial charge in [-0.1, -0.05) is 39.0 Å². The van der Waals surface area contributed by atoms with Gasteiger partial charge in [0.25, 0.3) is 0 Å². The van der Waals surface area contributed by atoms with E-state index in [0.717, 1.165) is 12.8 Å². The molecule has 0 heterocycles. The highest BCUT2D eigenvalue weighted by atomic mass is 16.5. The fourth-order valence-electron chi connectivity index (χ4n) is 1.81. The van der Waals surface area contributed by atoms with Crippen LogP contribution < -0.4 is 0 Å². The fraction of sp³-hybridized carbons (Fsp3) is 0.500. The SMILES string of the molecule is CCCCCCCCOC(=O)c1ccc(C#N)cc1. The lowest BCUT2D eigenvalue weighted by Gasteiger charge is -2.04.